The first-order valence-corrected chi connectivity index (χ1v) is 3.76. The number of rotatable bonds is 0. The minimum Gasteiger partial charge on any atom is -0.322 e. The van der Waals surface area contributed by atoms with Crippen LogP contribution < -0.4 is 11.1 Å². The fourth-order valence-corrected chi connectivity index (χ4v) is 1.36. The molecule has 1 aromatic rings. The highest BCUT2D eigenvalue weighted by Gasteiger charge is 2.34. The second kappa shape index (κ2) is 2.71. The minimum absolute atomic E-state index is 0.368. The van der Waals surface area contributed by atoms with E-state index < -0.39 is 35.0 Å². The number of hydrogen-bond donors (Lipinski definition) is 2. The Labute approximate surface area is 76.7 Å². The number of hydrogen-bond acceptors (Lipinski definition) is 2. The normalized spacial score (nSPS) is 19.4. The number of amides is 1. The van der Waals surface area contributed by atoms with E-state index in [0.717, 1.165) is 0 Å². The standard InChI is InChI=1S/C8H5F3N2O/c9-2-1-3(10)7-4(5(2)11)6(12)8(14)13-7/h1,6H,12H2,(H,13,14). The summed E-state index contributed by atoms with van der Waals surface area (Å²) in [5.41, 5.74) is 4.42. The summed E-state index contributed by atoms with van der Waals surface area (Å²) in [5.74, 6) is -4.41. The third-order valence-electron chi connectivity index (χ3n) is 2.05. The van der Waals surface area contributed by atoms with Crippen LogP contribution in [0.25, 0.3) is 0 Å². The molecule has 0 aromatic heterocycles. The maximum Gasteiger partial charge on any atom is 0.246 e. The van der Waals surface area contributed by atoms with Gasteiger partial charge in [0.2, 0.25) is 5.91 Å². The molecule has 0 aliphatic carbocycles. The average molecular weight is 202 g/mol. The maximum atomic E-state index is 13.1. The van der Waals surface area contributed by atoms with Crippen LogP contribution in [0.5, 0.6) is 0 Å². The lowest BCUT2D eigenvalue weighted by molar-refractivity contribution is -0.117. The smallest absolute Gasteiger partial charge is 0.246 e. The van der Waals surface area contributed by atoms with Gasteiger partial charge in [-0.1, -0.05) is 0 Å². The van der Waals surface area contributed by atoms with Gasteiger partial charge in [-0.3, -0.25) is 4.79 Å². The first kappa shape index (κ1) is 9.01. The van der Waals surface area contributed by atoms with Crippen LogP contribution in [-0.4, -0.2) is 5.91 Å². The Bertz CT molecular complexity index is 433. The van der Waals surface area contributed by atoms with E-state index in [4.69, 9.17) is 5.73 Å². The number of nitrogens with one attached hydrogen (secondary N) is 1. The molecule has 14 heavy (non-hydrogen) atoms. The van der Waals surface area contributed by atoms with Crippen molar-refractivity contribution in [3.63, 3.8) is 0 Å². The molecule has 0 radical (unpaired) electrons. The number of nitrogens with two attached hydrogens (primary N) is 1. The van der Waals surface area contributed by atoms with Crippen LogP contribution in [-0.2, 0) is 4.79 Å². The molecular formula is C8H5F3N2O. The highest BCUT2D eigenvalue weighted by Crippen LogP contribution is 2.34. The van der Waals surface area contributed by atoms with Gasteiger partial charge in [0.05, 0.1) is 5.69 Å². The summed E-state index contributed by atoms with van der Waals surface area (Å²) in [6.45, 7) is 0. The van der Waals surface area contributed by atoms with Crippen LogP contribution >= 0.6 is 0 Å². The summed E-state index contributed by atoms with van der Waals surface area (Å²) >= 11 is 0. The molecule has 6 heteroatoms. The van der Waals surface area contributed by atoms with Crippen molar-refractivity contribution in [2.75, 3.05) is 5.32 Å². The van der Waals surface area contributed by atoms with E-state index in [2.05, 4.69) is 0 Å². The van der Waals surface area contributed by atoms with Crippen molar-refractivity contribution in [2.24, 2.45) is 5.73 Å². The monoisotopic (exact) mass is 202 g/mol. The Morgan fingerprint density at radius 2 is 1.93 bits per heavy atom. The van der Waals surface area contributed by atoms with Gasteiger partial charge in [-0.2, -0.15) is 0 Å². The highest BCUT2D eigenvalue weighted by atomic mass is 19.2. The van der Waals surface area contributed by atoms with Gasteiger partial charge in [0.1, 0.15) is 11.9 Å². The molecule has 3 nitrogen and oxygen atoms in total. The van der Waals surface area contributed by atoms with E-state index in [0.29, 0.717) is 6.07 Å². The predicted octanol–water partition coefficient (Wildman–Crippen LogP) is 1.06. The van der Waals surface area contributed by atoms with Crippen LogP contribution in [0.4, 0.5) is 18.9 Å². The zero-order chi connectivity index (χ0) is 10.5. The predicted molar refractivity (Wildman–Crippen MR) is 41.9 cm³/mol. The summed E-state index contributed by atoms with van der Waals surface area (Å²) < 4.78 is 38.8. The second-order valence-electron chi connectivity index (χ2n) is 2.91. The van der Waals surface area contributed by atoms with Gasteiger partial charge in [-0.05, 0) is 0 Å². The van der Waals surface area contributed by atoms with Crippen molar-refractivity contribution in [1.29, 1.82) is 0 Å². The van der Waals surface area contributed by atoms with Gasteiger partial charge < -0.3 is 11.1 Å². The molecule has 74 valence electrons. The molecule has 3 N–H and O–H groups in total. The Kier molecular flexibility index (Phi) is 1.75. The number of halogens is 3. The van der Waals surface area contributed by atoms with Crippen molar-refractivity contribution >= 4 is 11.6 Å². The van der Waals surface area contributed by atoms with Crippen molar-refractivity contribution in [3.05, 3.63) is 29.1 Å². The summed E-state index contributed by atoms with van der Waals surface area (Å²) in [5, 5.41) is 2.04. The average Bonchev–Trinajstić information content (AvgIpc) is 2.41. The zero-order valence-corrected chi connectivity index (χ0v) is 6.77. The topological polar surface area (TPSA) is 55.1 Å². The molecule has 1 heterocycles. The Morgan fingerprint density at radius 3 is 2.57 bits per heavy atom. The van der Waals surface area contributed by atoms with Crippen LogP contribution in [0.2, 0.25) is 0 Å². The number of carbonyl (C=O) groups is 1. The van der Waals surface area contributed by atoms with E-state index >= 15 is 0 Å². The van der Waals surface area contributed by atoms with Gasteiger partial charge >= 0.3 is 0 Å². The van der Waals surface area contributed by atoms with Crippen molar-refractivity contribution < 1.29 is 18.0 Å². The summed E-state index contributed by atoms with van der Waals surface area (Å²) in [6.07, 6.45) is 0. The van der Waals surface area contributed by atoms with Crippen molar-refractivity contribution in [1.82, 2.24) is 0 Å². The third-order valence-corrected chi connectivity index (χ3v) is 2.05. The zero-order valence-electron chi connectivity index (χ0n) is 6.77. The molecule has 1 aliphatic rings. The van der Waals surface area contributed by atoms with Gasteiger partial charge in [-0.25, -0.2) is 13.2 Å². The molecule has 0 spiro atoms. The lowest BCUT2D eigenvalue weighted by Gasteiger charge is -2.04. The molecule has 0 saturated heterocycles. The van der Waals surface area contributed by atoms with E-state index in [1.54, 1.807) is 0 Å². The molecule has 1 atom stereocenters. The Balaban J connectivity index is 2.73. The van der Waals surface area contributed by atoms with Crippen LogP contribution in [0.15, 0.2) is 6.07 Å². The van der Waals surface area contributed by atoms with Gasteiger partial charge in [0.25, 0.3) is 0 Å². The molecule has 0 bridgehead atoms. The summed E-state index contributed by atoms with van der Waals surface area (Å²) in [4.78, 5) is 11.0. The lowest BCUT2D eigenvalue weighted by atomic mass is 10.1. The third kappa shape index (κ3) is 1.00. The molecule has 0 saturated carbocycles. The largest absolute Gasteiger partial charge is 0.322 e. The molecule has 1 aliphatic heterocycles. The van der Waals surface area contributed by atoms with Crippen LogP contribution in [0, 0.1) is 17.5 Å². The maximum absolute atomic E-state index is 13.1. The quantitative estimate of drug-likeness (QED) is 0.618. The highest BCUT2D eigenvalue weighted by molar-refractivity contribution is 6.02. The van der Waals surface area contributed by atoms with Gasteiger partial charge in [0, 0.05) is 11.6 Å². The number of benzene rings is 1. The SMILES string of the molecule is NC1C(=O)Nc2c(F)cc(F)c(F)c21. The fourth-order valence-electron chi connectivity index (χ4n) is 1.36. The van der Waals surface area contributed by atoms with E-state index in [-0.39, 0.29) is 5.69 Å². The van der Waals surface area contributed by atoms with Crippen LogP contribution in [0.1, 0.15) is 11.6 Å². The Morgan fingerprint density at radius 1 is 1.29 bits per heavy atom. The molecular weight excluding hydrogens is 197 g/mol. The van der Waals surface area contributed by atoms with E-state index in [9.17, 15) is 18.0 Å². The summed E-state index contributed by atoms with van der Waals surface area (Å²) in [6, 6.07) is -0.984. The number of carbonyl (C=O) groups excluding carboxylic acids is 1. The molecule has 1 amide bonds. The van der Waals surface area contributed by atoms with E-state index in [1.807, 2.05) is 5.32 Å². The Hall–Kier alpha value is -1.56. The minimum atomic E-state index is -1.35. The van der Waals surface area contributed by atoms with Crippen molar-refractivity contribution in [3.8, 4) is 0 Å². The first-order valence-electron chi connectivity index (χ1n) is 3.76. The molecule has 0 fully saturated rings. The number of anilines is 1. The molecule has 1 aromatic carbocycles. The van der Waals surface area contributed by atoms with Gasteiger partial charge in [0.15, 0.2) is 11.6 Å². The van der Waals surface area contributed by atoms with Crippen LogP contribution in [0.3, 0.4) is 0 Å². The van der Waals surface area contributed by atoms with Gasteiger partial charge in [-0.15, -0.1) is 0 Å². The van der Waals surface area contributed by atoms with E-state index in [1.165, 1.54) is 0 Å². The first-order chi connectivity index (χ1) is 6.52. The second-order valence-corrected chi connectivity index (χ2v) is 2.91. The lowest BCUT2D eigenvalue weighted by Crippen LogP contribution is -2.20. The molecule has 1 unspecified atom stereocenters. The number of fused-ring (bicyclic) bond motifs is 1. The van der Waals surface area contributed by atoms with Crippen molar-refractivity contribution in [2.45, 2.75) is 6.04 Å². The molecule has 2 rings (SSSR count). The fraction of sp³-hybridized carbons (Fsp3) is 0.125. The summed E-state index contributed by atoms with van der Waals surface area (Å²) in [7, 11) is 0.